The standard InChI is InChI=1S/C22H39N5O.HI/c1-6-26(7-2)16-12-13-19(4)25-22(23-5)24-17-21(28)27(8-3)18-20-14-10-9-11-15-20;/h9-11,14-15,19H,6-8,12-13,16-18H2,1-5H3,(H2,23,24,25);1H. The molecular formula is C22H40IN5O. The van der Waals surface area contributed by atoms with Crippen LogP contribution in [0.4, 0.5) is 0 Å². The van der Waals surface area contributed by atoms with Crippen molar-refractivity contribution in [3.8, 4) is 0 Å². The number of nitrogens with one attached hydrogen (secondary N) is 2. The molecule has 0 heterocycles. The molecule has 1 aromatic carbocycles. The first-order valence-electron chi connectivity index (χ1n) is 10.5. The van der Waals surface area contributed by atoms with Crippen LogP contribution in [-0.4, -0.2) is 67.5 Å². The molecule has 0 radical (unpaired) electrons. The Bertz CT molecular complexity index is 578. The summed E-state index contributed by atoms with van der Waals surface area (Å²) in [6.07, 6.45) is 2.21. The van der Waals surface area contributed by atoms with Gasteiger partial charge in [-0.3, -0.25) is 9.79 Å². The minimum absolute atomic E-state index is 0. The van der Waals surface area contributed by atoms with E-state index >= 15 is 0 Å². The van der Waals surface area contributed by atoms with Gasteiger partial charge in [0.1, 0.15) is 0 Å². The van der Waals surface area contributed by atoms with E-state index in [1.54, 1.807) is 7.05 Å². The zero-order chi connectivity index (χ0) is 20.8. The molecule has 29 heavy (non-hydrogen) atoms. The smallest absolute Gasteiger partial charge is 0.242 e. The van der Waals surface area contributed by atoms with E-state index in [1.807, 2.05) is 42.2 Å². The second-order valence-electron chi connectivity index (χ2n) is 7.03. The van der Waals surface area contributed by atoms with Crippen LogP contribution in [0, 0.1) is 0 Å². The number of carbonyl (C=O) groups is 1. The Hall–Kier alpha value is -1.35. The molecule has 0 saturated carbocycles. The van der Waals surface area contributed by atoms with Crippen LogP contribution in [0.25, 0.3) is 0 Å². The van der Waals surface area contributed by atoms with Crippen molar-refractivity contribution in [2.75, 3.05) is 39.8 Å². The van der Waals surface area contributed by atoms with E-state index in [1.165, 1.54) is 0 Å². The van der Waals surface area contributed by atoms with Gasteiger partial charge in [-0.25, -0.2) is 0 Å². The summed E-state index contributed by atoms with van der Waals surface area (Å²) in [5.41, 5.74) is 1.14. The highest BCUT2D eigenvalue weighted by atomic mass is 127. The Morgan fingerprint density at radius 1 is 1.10 bits per heavy atom. The summed E-state index contributed by atoms with van der Waals surface area (Å²) in [6, 6.07) is 10.4. The molecule has 0 saturated heterocycles. The van der Waals surface area contributed by atoms with Crippen LogP contribution in [0.2, 0.25) is 0 Å². The normalized spacial score (nSPS) is 12.3. The molecule has 0 spiro atoms. The lowest BCUT2D eigenvalue weighted by Gasteiger charge is -2.23. The van der Waals surface area contributed by atoms with Crippen LogP contribution in [0.1, 0.15) is 46.1 Å². The van der Waals surface area contributed by atoms with Crippen molar-refractivity contribution < 1.29 is 4.79 Å². The van der Waals surface area contributed by atoms with Gasteiger partial charge in [-0.05, 0) is 51.9 Å². The van der Waals surface area contributed by atoms with Gasteiger partial charge in [-0.15, -0.1) is 24.0 Å². The van der Waals surface area contributed by atoms with Crippen LogP contribution in [0.15, 0.2) is 35.3 Å². The molecule has 0 aromatic heterocycles. The third kappa shape index (κ3) is 11.4. The maximum Gasteiger partial charge on any atom is 0.242 e. The van der Waals surface area contributed by atoms with Gasteiger partial charge < -0.3 is 20.4 Å². The molecule has 1 atom stereocenters. The number of benzene rings is 1. The number of hydrogen-bond donors (Lipinski definition) is 2. The van der Waals surface area contributed by atoms with E-state index in [9.17, 15) is 4.79 Å². The molecule has 1 aromatic rings. The number of guanidine groups is 1. The monoisotopic (exact) mass is 517 g/mol. The van der Waals surface area contributed by atoms with Crippen LogP contribution in [-0.2, 0) is 11.3 Å². The fraction of sp³-hybridized carbons (Fsp3) is 0.636. The van der Waals surface area contributed by atoms with Crippen molar-refractivity contribution in [1.82, 2.24) is 20.4 Å². The lowest BCUT2D eigenvalue weighted by Crippen LogP contribution is -2.47. The van der Waals surface area contributed by atoms with Gasteiger partial charge in [0.15, 0.2) is 5.96 Å². The molecule has 6 nitrogen and oxygen atoms in total. The van der Waals surface area contributed by atoms with Crippen LogP contribution < -0.4 is 10.6 Å². The first kappa shape index (κ1) is 27.6. The molecular weight excluding hydrogens is 477 g/mol. The maximum atomic E-state index is 12.6. The maximum absolute atomic E-state index is 12.6. The van der Waals surface area contributed by atoms with Crippen LogP contribution >= 0.6 is 24.0 Å². The number of likely N-dealkylation sites (N-methyl/N-ethyl adjacent to an activating group) is 1. The fourth-order valence-electron chi connectivity index (χ4n) is 3.11. The molecule has 166 valence electrons. The quantitative estimate of drug-likeness (QED) is 0.254. The van der Waals surface area contributed by atoms with E-state index in [2.05, 4.69) is 41.3 Å². The average molecular weight is 518 g/mol. The highest BCUT2D eigenvalue weighted by Gasteiger charge is 2.13. The molecule has 2 N–H and O–H groups in total. The SMILES string of the molecule is CCN(CC)CCCC(C)NC(=NC)NCC(=O)N(CC)Cc1ccccc1.I. The topological polar surface area (TPSA) is 60.0 Å². The van der Waals surface area contributed by atoms with E-state index in [4.69, 9.17) is 0 Å². The summed E-state index contributed by atoms with van der Waals surface area (Å²) >= 11 is 0. The number of nitrogens with zero attached hydrogens (tertiary/aromatic N) is 3. The summed E-state index contributed by atoms with van der Waals surface area (Å²) in [5, 5.41) is 6.55. The fourth-order valence-corrected chi connectivity index (χ4v) is 3.11. The Balaban J connectivity index is 0.00000784. The summed E-state index contributed by atoms with van der Waals surface area (Å²) < 4.78 is 0. The summed E-state index contributed by atoms with van der Waals surface area (Å²) in [5.74, 6) is 0.753. The van der Waals surface area contributed by atoms with Gasteiger partial charge in [-0.1, -0.05) is 44.2 Å². The first-order valence-corrected chi connectivity index (χ1v) is 10.5. The van der Waals surface area contributed by atoms with Gasteiger partial charge in [-0.2, -0.15) is 0 Å². The summed E-state index contributed by atoms with van der Waals surface area (Å²) in [7, 11) is 1.74. The number of amides is 1. The number of carbonyl (C=O) groups excluding carboxylic acids is 1. The number of rotatable bonds is 12. The second-order valence-corrected chi connectivity index (χ2v) is 7.03. The minimum atomic E-state index is 0. The molecule has 0 aliphatic rings. The molecule has 0 bridgehead atoms. The number of halogens is 1. The minimum Gasteiger partial charge on any atom is -0.354 e. The van der Waals surface area contributed by atoms with E-state index in [-0.39, 0.29) is 36.4 Å². The molecule has 0 fully saturated rings. The Kier molecular flexibility index (Phi) is 15.7. The zero-order valence-electron chi connectivity index (χ0n) is 18.8. The average Bonchev–Trinajstić information content (AvgIpc) is 2.72. The van der Waals surface area contributed by atoms with E-state index in [0.29, 0.717) is 25.1 Å². The zero-order valence-corrected chi connectivity index (χ0v) is 21.1. The summed E-state index contributed by atoms with van der Waals surface area (Å²) in [4.78, 5) is 21.1. The van der Waals surface area contributed by atoms with Crippen molar-refractivity contribution in [2.45, 2.75) is 53.1 Å². The predicted molar refractivity (Wildman–Crippen MR) is 134 cm³/mol. The van der Waals surface area contributed by atoms with E-state index < -0.39 is 0 Å². The highest BCUT2D eigenvalue weighted by molar-refractivity contribution is 14.0. The van der Waals surface area contributed by atoms with Crippen molar-refractivity contribution >= 4 is 35.8 Å². The van der Waals surface area contributed by atoms with E-state index in [0.717, 1.165) is 38.0 Å². The number of hydrogen-bond acceptors (Lipinski definition) is 3. The lowest BCUT2D eigenvalue weighted by atomic mass is 10.2. The van der Waals surface area contributed by atoms with Gasteiger partial charge in [0.2, 0.25) is 5.91 Å². The Labute approximate surface area is 194 Å². The molecule has 1 unspecified atom stereocenters. The third-order valence-corrected chi connectivity index (χ3v) is 4.97. The molecule has 0 aliphatic heterocycles. The van der Waals surface area contributed by atoms with Crippen LogP contribution in [0.5, 0.6) is 0 Å². The third-order valence-electron chi connectivity index (χ3n) is 4.97. The molecule has 1 amide bonds. The Morgan fingerprint density at radius 2 is 1.76 bits per heavy atom. The highest BCUT2D eigenvalue weighted by Crippen LogP contribution is 2.04. The van der Waals surface area contributed by atoms with Gasteiger partial charge >= 0.3 is 0 Å². The van der Waals surface area contributed by atoms with Crippen molar-refractivity contribution in [3.05, 3.63) is 35.9 Å². The summed E-state index contributed by atoms with van der Waals surface area (Å²) in [6.45, 7) is 13.4. The van der Waals surface area contributed by atoms with Crippen LogP contribution in [0.3, 0.4) is 0 Å². The number of aliphatic imine (C=N–C) groups is 1. The molecule has 1 rings (SSSR count). The van der Waals surface area contributed by atoms with Crippen molar-refractivity contribution in [2.24, 2.45) is 4.99 Å². The molecule has 7 heteroatoms. The van der Waals surface area contributed by atoms with Gasteiger partial charge in [0.25, 0.3) is 0 Å². The lowest BCUT2D eigenvalue weighted by molar-refractivity contribution is -0.130. The predicted octanol–water partition coefficient (Wildman–Crippen LogP) is 3.33. The first-order chi connectivity index (χ1) is 13.5. The molecule has 0 aliphatic carbocycles. The Morgan fingerprint density at radius 3 is 2.31 bits per heavy atom. The van der Waals surface area contributed by atoms with Crippen molar-refractivity contribution in [1.29, 1.82) is 0 Å². The largest absolute Gasteiger partial charge is 0.354 e. The second kappa shape index (κ2) is 16.4. The van der Waals surface area contributed by atoms with Crippen molar-refractivity contribution in [3.63, 3.8) is 0 Å². The van der Waals surface area contributed by atoms with Gasteiger partial charge in [0.05, 0.1) is 6.54 Å². The van der Waals surface area contributed by atoms with Gasteiger partial charge in [0, 0.05) is 26.2 Å².